The molecular weight excluding hydrogens is 202 g/mol. The van der Waals surface area contributed by atoms with E-state index in [0.29, 0.717) is 13.1 Å². The molecule has 1 saturated heterocycles. The molecule has 0 unspecified atom stereocenters. The second-order valence-corrected chi connectivity index (χ2v) is 6.01. The molecule has 0 saturated carbocycles. The standard InChI is InChI=1S/C9H17NO3S/c1-14(12,13)8-9(11)10-6-4-2-3-5-7-10/h2-8H2,1H3. The van der Waals surface area contributed by atoms with Crippen molar-refractivity contribution in [3.05, 3.63) is 0 Å². The van der Waals surface area contributed by atoms with E-state index in [9.17, 15) is 13.2 Å². The Morgan fingerprint density at radius 1 is 1.14 bits per heavy atom. The lowest BCUT2D eigenvalue weighted by Crippen LogP contribution is -2.36. The van der Waals surface area contributed by atoms with Crippen LogP contribution in [0.5, 0.6) is 0 Å². The molecule has 1 aliphatic rings. The Kier molecular flexibility index (Phi) is 3.92. The van der Waals surface area contributed by atoms with Crippen LogP contribution in [0.4, 0.5) is 0 Å². The highest BCUT2D eigenvalue weighted by Crippen LogP contribution is 2.09. The highest BCUT2D eigenvalue weighted by molar-refractivity contribution is 7.91. The second kappa shape index (κ2) is 4.77. The number of carbonyl (C=O) groups excluding carboxylic acids is 1. The quantitative estimate of drug-likeness (QED) is 0.677. The minimum Gasteiger partial charge on any atom is -0.342 e. The van der Waals surface area contributed by atoms with Crippen LogP contribution in [0.15, 0.2) is 0 Å². The minimum atomic E-state index is -3.18. The van der Waals surface area contributed by atoms with E-state index in [1.165, 1.54) is 0 Å². The Balaban J connectivity index is 2.50. The van der Waals surface area contributed by atoms with E-state index in [1.54, 1.807) is 4.90 Å². The summed E-state index contributed by atoms with van der Waals surface area (Å²) in [6, 6.07) is 0. The molecule has 1 amide bonds. The first-order chi connectivity index (χ1) is 6.49. The van der Waals surface area contributed by atoms with Crippen LogP contribution in [0.1, 0.15) is 25.7 Å². The first-order valence-electron chi connectivity index (χ1n) is 4.94. The van der Waals surface area contributed by atoms with Gasteiger partial charge in [0, 0.05) is 19.3 Å². The predicted molar refractivity (Wildman–Crippen MR) is 54.8 cm³/mol. The van der Waals surface area contributed by atoms with E-state index in [0.717, 1.165) is 31.9 Å². The summed E-state index contributed by atoms with van der Waals surface area (Å²) in [4.78, 5) is 13.2. The van der Waals surface area contributed by atoms with Crippen molar-refractivity contribution in [3.8, 4) is 0 Å². The lowest BCUT2D eigenvalue weighted by atomic mass is 10.2. The third kappa shape index (κ3) is 4.09. The monoisotopic (exact) mass is 219 g/mol. The first kappa shape index (κ1) is 11.5. The molecule has 1 aliphatic heterocycles. The third-order valence-electron chi connectivity index (χ3n) is 2.34. The van der Waals surface area contributed by atoms with Crippen molar-refractivity contribution in [2.24, 2.45) is 0 Å². The fourth-order valence-corrected chi connectivity index (χ4v) is 2.27. The molecule has 0 aromatic heterocycles. The van der Waals surface area contributed by atoms with Crippen molar-refractivity contribution in [2.45, 2.75) is 25.7 Å². The van der Waals surface area contributed by atoms with Gasteiger partial charge in [0.1, 0.15) is 5.75 Å². The van der Waals surface area contributed by atoms with Crippen LogP contribution >= 0.6 is 0 Å². The van der Waals surface area contributed by atoms with Crippen molar-refractivity contribution in [1.29, 1.82) is 0 Å². The van der Waals surface area contributed by atoms with Gasteiger partial charge in [0.05, 0.1) is 0 Å². The van der Waals surface area contributed by atoms with E-state index in [2.05, 4.69) is 0 Å². The maximum atomic E-state index is 11.5. The molecule has 1 rings (SSSR count). The van der Waals surface area contributed by atoms with Crippen LogP contribution in [0.25, 0.3) is 0 Å². The highest BCUT2D eigenvalue weighted by atomic mass is 32.2. The Morgan fingerprint density at radius 2 is 1.64 bits per heavy atom. The summed E-state index contributed by atoms with van der Waals surface area (Å²) >= 11 is 0. The van der Waals surface area contributed by atoms with E-state index >= 15 is 0 Å². The van der Waals surface area contributed by atoms with Gasteiger partial charge in [-0.15, -0.1) is 0 Å². The number of hydrogen-bond acceptors (Lipinski definition) is 3. The van der Waals surface area contributed by atoms with Gasteiger partial charge in [-0.3, -0.25) is 4.79 Å². The molecule has 82 valence electrons. The van der Waals surface area contributed by atoms with Crippen molar-refractivity contribution < 1.29 is 13.2 Å². The molecule has 0 spiro atoms. The number of hydrogen-bond donors (Lipinski definition) is 0. The molecule has 0 radical (unpaired) electrons. The zero-order valence-corrected chi connectivity index (χ0v) is 9.35. The number of rotatable bonds is 2. The maximum absolute atomic E-state index is 11.5. The number of carbonyl (C=O) groups is 1. The molecule has 4 nitrogen and oxygen atoms in total. The molecule has 1 fully saturated rings. The lowest BCUT2D eigenvalue weighted by molar-refractivity contribution is -0.128. The lowest BCUT2D eigenvalue weighted by Gasteiger charge is -2.19. The van der Waals surface area contributed by atoms with Gasteiger partial charge in [-0.2, -0.15) is 0 Å². The number of nitrogens with zero attached hydrogens (tertiary/aromatic N) is 1. The molecule has 0 aromatic carbocycles. The third-order valence-corrected chi connectivity index (χ3v) is 3.12. The number of sulfone groups is 1. The molecule has 0 aromatic rings. The summed E-state index contributed by atoms with van der Waals surface area (Å²) in [6.45, 7) is 1.43. The van der Waals surface area contributed by atoms with Crippen LogP contribution in [-0.2, 0) is 14.6 Å². The molecule has 5 heteroatoms. The van der Waals surface area contributed by atoms with Crippen LogP contribution in [-0.4, -0.2) is 44.3 Å². The zero-order chi connectivity index (χ0) is 10.6. The van der Waals surface area contributed by atoms with Gasteiger partial charge >= 0.3 is 0 Å². The van der Waals surface area contributed by atoms with E-state index < -0.39 is 9.84 Å². The zero-order valence-electron chi connectivity index (χ0n) is 8.53. The topological polar surface area (TPSA) is 54.5 Å². The van der Waals surface area contributed by atoms with E-state index in [4.69, 9.17) is 0 Å². The molecular formula is C9H17NO3S. The van der Waals surface area contributed by atoms with Gasteiger partial charge in [0.25, 0.3) is 0 Å². The van der Waals surface area contributed by atoms with Crippen molar-refractivity contribution >= 4 is 15.7 Å². The first-order valence-corrected chi connectivity index (χ1v) is 7.00. The van der Waals surface area contributed by atoms with Crippen molar-refractivity contribution in [2.75, 3.05) is 25.1 Å². The molecule has 0 bridgehead atoms. The molecule has 0 N–H and O–H groups in total. The Morgan fingerprint density at radius 3 is 2.07 bits per heavy atom. The van der Waals surface area contributed by atoms with Crippen LogP contribution in [0, 0.1) is 0 Å². The summed E-state index contributed by atoms with van der Waals surface area (Å²) < 4.78 is 21.8. The number of amides is 1. The van der Waals surface area contributed by atoms with Crippen LogP contribution in [0.2, 0.25) is 0 Å². The average molecular weight is 219 g/mol. The van der Waals surface area contributed by atoms with E-state index in [1.807, 2.05) is 0 Å². The smallest absolute Gasteiger partial charge is 0.237 e. The summed E-state index contributed by atoms with van der Waals surface area (Å²) in [5.41, 5.74) is 0. The summed E-state index contributed by atoms with van der Waals surface area (Å²) in [5.74, 6) is -0.582. The van der Waals surface area contributed by atoms with Crippen molar-refractivity contribution in [1.82, 2.24) is 4.90 Å². The minimum absolute atomic E-state index is 0.241. The fraction of sp³-hybridized carbons (Fsp3) is 0.889. The Hall–Kier alpha value is -0.580. The molecule has 0 aliphatic carbocycles. The maximum Gasteiger partial charge on any atom is 0.237 e. The summed E-state index contributed by atoms with van der Waals surface area (Å²) in [6.07, 6.45) is 5.37. The van der Waals surface area contributed by atoms with Gasteiger partial charge in [-0.05, 0) is 12.8 Å². The normalized spacial score (nSPS) is 19.1. The van der Waals surface area contributed by atoms with E-state index in [-0.39, 0.29) is 11.7 Å². The average Bonchev–Trinajstić information content (AvgIpc) is 2.27. The molecule has 1 heterocycles. The summed E-state index contributed by atoms with van der Waals surface area (Å²) in [5, 5.41) is 0. The SMILES string of the molecule is CS(=O)(=O)CC(=O)N1CCCCCC1. The Labute approximate surface area is 85.2 Å². The van der Waals surface area contributed by atoms with Crippen molar-refractivity contribution in [3.63, 3.8) is 0 Å². The molecule has 14 heavy (non-hydrogen) atoms. The van der Waals surface area contributed by atoms with Crippen LogP contribution < -0.4 is 0 Å². The Bertz CT molecular complexity index is 289. The van der Waals surface area contributed by atoms with Gasteiger partial charge in [-0.25, -0.2) is 8.42 Å². The fourth-order valence-electron chi connectivity index (χ4n) is 1.64. The highest BCUT2D eigenvalue weighted by Gasteiger charge is 2.19. The van der Waals surface area contributed by atoms with Gasteiger partial charge in [-0.1, -0.05) is 12.8 Å². The number of likely N-dealkylation sites (tertiary alicyclic amines) is 1. The second-order valence-electron chi connectivity index (χ2n) is 3.87. The predicted octanol–water partition coefficient (Wildman–Crippen LogP) is 0.434. The van der Waals surface area contributed by atoms with Gasteiger partial charge < -0.3 is 4.90 Å². The summed E-state index contributed by atoms with van der Waals surface area (Å²) in [7, 11) is -3.18. The largest absolute Gasteiger partial charge is 0.342 e. The van der Waals surface area contributed by atoms with Crippen LogP contribution in [0.3, 0.4) is 0 Å². The van der Waals surface area contributed by atoms with Gasteiger partial charge in [0.2, 0.25) is 5.91 Å². The van der Waals surface area contributed by atoms with Gasteiger partial charge in [0.15, 0.2) is 9.84 Å². The molecule has 0 atom stereocenters.